The summed E-state index contributed by atoms with van der Waals surface area (Å²) >= 11 is 1.16. The van der Waals surface area contributed by atoms with E-state index in [0.29, 0.717) is 4.88 Å². The van der Waals surface area contributed by atoms with Crippen molar-refractivity contribution in [1.29, 1.82) is 0 Å². The number of carbonyl (C=O) groups excluding carboxylic acids is 1. The van der Waals surface area contributed by atoms with Gasteiger partial charge in [-0.2, -0.15) is 0 Å². The highest BCUT2D eigenvalue weighted by atomic mass is 32.1. The fraction of sp³-hybridized carbons (Fsp3) is 0.400. The van der Waals surface area contributed by atoms with E-state index in [4.69, 9.17) is 5.73 Å². The van der Waals surface area contributed by atoms with Crippen molar-refractivity contribution in [2.24, 2.45) is 0 Å². The van der Waals surface area contributed by atoms with Crippen LogP contribution in [0.15, 0.2) is 18.2 Å². The van der Waals surface area contributed by atoms with Gasteiger partial charge in [-0.05, 0) is 60.5 Å². The van der Waals surface area contributed by atoms with Crippen LogP contribution in [0.4, 0.5) is 5.69 Å². The Hall–Kier alpha value is -1.95. The van der Waals surface area contributed by atoms with Gasteiger partial charge in [0.15, 0.2) is 0 Å². The maximum Gasteiger partial charge on any atom is 0.265 e. The first-order valence-corrected chi connectivity index (χ1v) is 7.96. The number of aryl methyl sites for hydroxylation is 2. The molecule has 1 aromatic heterocycles. The molecule has 0 bridgehead atoms. The van der Waals surface area contributed by atoms with Crippen molar-refractivity contribution in [2.45, 2.75) is 38.6 Å². The van der Waals surface area contributed by atoms with Gasteiger partial charge in [0.1, 0.15) is 4.88 Å². The van der Waals surface area contributed by atoms with E-state index >= 15 is 0 Å². The minimum absolute atomic E-state index is 0.0497. The Labute approximate surface area is 127 Å². The van der Waals surface area contributed by atoms with E-state index in [1.54, 1.807) is 0 Å². The second-order valence-corrected chi connectivity index (χ2v) is 6.03. The predicted octanol–water partition coefficient (Wildman–Crippen LogP) is 2.49. The average molecular weight is 302 g/mol. The molecule has 110 valence electrons. The number of anilines is 1. The molecule has 1 aliphatic carbocycles. The van der Waals surface area contributed by atoms with Crippen LogP contribution in [0.25, 0.3) is 0 Å². The van der Waals surface area contributed by atoms with Gasteiger partial charge in [-0.25, -0.2) is 0 Å². The van der Waals surface area contributed by atoms with Crippen molar-refractivity contribution in [3.05, 3.63) is 39.9 Å². The zero-order valence-corrected chi connectivity index (χ0v) is 12.7. The third-order valence-electron chi connectivity index (χ3n) is 3.88. The fourth-order valence-electron chi connectivity index (χ4n) is 2.82. The molecule has 0 spiro atoms. The molecule has 0 saturated heterocycles. The standard InChI is InChI=1S/C15H18N4OS/c1-2-12-14(21-19-18-12)15(20)17-13-5-3-4-9-8-10(16)6-7-11(9)13/h6-8,13H,2-5,16H2,1H3,(H,17,20). The lowest BCUT2D eigenvalue weighted by Gasteiger charge is -2.26. The molecule has 3 N–H and O–H groups in total. The molecule has 1 unspecified atom stereocenters. The number of rotatable bonds is 3. The van der Waals surface area contributed by atoms with E-state index in [9.17, 15) is 4.79 Å². The Morgan fingerprint density at radius 2 is 2.38 bits per heavy atom. The maximum atomic E-state index is 12.4. The Morgan fingerprint density at radius 3 is 3.19 bits per heavy atom. The fourth-order valence-corrected chi connectivity index (χ4v) is 3.47. The molecule has 3 rings (SSSR count). The molecule has 2 aromatic rings. The number of nitrogens with zero attached hydrogens (tertiary/aromatic N) is 2. The first-order valence-electron chi connectivity index (χ1n) is 7.19. The highest BCUT2D eigenvalue weighted by Crippen LogP contribution is 2.31. The molecule has 0 radical (unpaired) electrons. The molecular weight excluding hydrogens is 284 g/mol. The summed E-state index contributed by atoms with van der Waals surface area (Å²) in [5, 5.41) is 7.12. The quantitative estimate of drug-likeness (QED) is 0.854. The molecule has 0 saturated carbocycles. The van der Waals surface area contributed by atoms with Crippen LogP contribution in [0.5, 0.6) is 0 Å². The Morgan fingerprint density at radius 1 is 1.52 bits per heavy atom. The minimum Gasteiger partial charge on any atom is -0.399 e. The van der Waals surface area contributed by atoms with Gasteiger partial charge in [-0.1, -0.05) is 17.5 Å². The summed E-state index contributed by atoms with van der Waals surface area (Å²) in [6.45, 7) is 1.98. The number of hydrogen-bond acceptors (Lipinski definition) is 5. The molecule has 1 heterocycles. The van der Waals surface area contributed by atoms with Crippen LogP contribution in [0.1, 0.15) is 52.3 Å². The van der Waals surface area contributed by atoms with Crippen molar-refractivity contribution in [2.75, 3.05) is 5.73 Å². The van der Waals surface area contributed by atoms with Crippen LogP contribution in [-0.2, 0) is 12.8 Å². The number of nitrogens with one attached hydrogen (secondary N) is 1. The molecule has 6 heteroatoms. The van der Waals surface area contributed by atoms with Crippen molar-refractivity contribution in [1.82, 2.24) is 14.9 Å². The van der Waals surface area contributed by atoms with Crippen LogP contribution in [-0.4, -0.2) is 15.5 Å². The second kappa shape index (κ2) is 5.81. The lowest BCUT2D eigenvalue weighted by atomic mass is 9.87. The van der Waals surface area contributed by atoms with E-state index in [1.807, 2.05) is 25.1 Å². The molecule has 1 amide bonds. The summed E-state index contributed by atoms with van der Waals surface area (Å²) in [5.41, 5.74) is 9.81. The van der Waals surface area contributed by atoms with Crippen LogP contribution in [0.2, 0.25) is 0 Å². The smallest absolute Gasteiger partial charge is 0.265 e. The highest BCUT2D eigenvalue weighted by molar-refractivity contribution is 7.08. The number of hydrogen-bond donors (Lipinski definition) is 2. The van der Waals surface area contributed by atoms with E-state index in [-0.39, 0.29) is 11.9 Å². The Kier molecular flexibility index (Phi) is 3.88. The molecule has 5 nitrogen and oxygen atoms in total. The summed E-state index contributed by atoms with van der Waals surface area (Å²) < 4.78 is 3.88. The first-order chi connectivity index (χ1) is 10.2. The number of nitrogen functional groups attached to an aromatic ring is 1. The first kappa shape index (κ1) is 14.0. The zero-order valence-electron chi connectivity index (χ0n) is 11.9. The van der Waals surface area contributed by atoms with Crippen molar-refractivity contribution in [3.8, 4) is 0 Å². The Balaban J connectivity index is 1.82. The van der Waals surface area contributed by atoms with Crippen molar-refractivity contribution < 1.29 is 4.79 Å². The Bertz CT molecular complexity index is 667. The summed E-state index contributed by atoms with van der Waals surface area (Å²) in [6, 6.07) is 5.99. The molecule has 1 aliphatic rings. The zero-order chi connectivity index (χ0) is 14.8. The van der Waals surface area contributed by atoms with Crippen molar-refractivity contribution in [3.63, 3.8) is 0 Å². The van der Waals surface area contributed by atoms with Gasteiger partial charge in [-0.3, -0.25) is 4.79 Å². The van der Waals surface area contributed by atoms with Gasteiger partial charge in [-0.15, -0.1) is 5.10 Å². The summed E-state index contributed by atoms with van der Waals surface area (Å²) in [7, 11) is 0. The molecule has 0 fully saturated rings. The summed E-state index contributed by atoms with van der Waals surface area (Å²) in [5.74, 6) is -0.0727. The van der Waals surface area contributed by atoms with Gasteiger partial charge in [0.2, 0.25) is 0 Å². The molecule has 1 atom stereocenters. The third kappa shape index (κ3) is 2.76. The molecular formula is C15H18N4OS. The number of benzene rings is 1. The third-order valence-corrected chi connectivity index (χ3v) is 4.65. The topological polar surface area (TPSA) is 80.9 Å². The van der Waals surface area contributed by atoms with Gasteiger partial charge in [0, 0.05) is 5.69 Å². The van der Waals surface area contributed by atoms with Crippen molar-refractivity contribution >= 4 is 23.1 Å². The molecule has 1 aromatic carbocycles. The van der Waals surface area contributed by atoms with Gasteiger partial charge in [0.05, 0.1) is 11.7 Å². The molecule has 0 aliphatic heterocycles. The van der Waals surface area contributed by atoms with E-state index < -0.39 is 0 Å². The van der Waals surface area contributed by atoms with Gasteiger partial charge in [0.25, 0.3) is 5.91 Å². The average Bonchev–Trinajstić information content (AvgIpc) is 2.95. The molecule has 21 heavy (non-hydrogen) atoms. The predicted molar refractivity (Wildman–Crippen MR) is 83.3 cm³/mol. The minimum atomic E-state index is -0.0727. The number of aromatic nitrogens is 2. The number of fused-ring (bicyclic) bond motifs is 1. The van der Waals surface area contributed by atoms with E-state index in [1.165, 1.54) is 11.1 Å². The van der Waals surface area contributed by atoms with Crippen LogP contribution in [0, 0.1) is 0 Å². The number of amides is 1. The van der Waals surface area contributed by atoms with Crippen LogP contribution >= 0.6 is 11.5 Å². The van der Waals surface area contributed by atoms with Crippen LogP contribution in [0.3, 0.4) is 0 Å². The highest BCUT2D eigenvalue weighted by Gasteiger charge is 2.24. The largest absolute Gasteiger partial charge is 0.399 e. The summed E-state index contributed by atoms with van der Waals surface area (Å²) in [6.07, 6.45) is 3.76. The van der Waals surface area contributed by atoms with E-state index in [2.05, 4.69) is 14.9 Å². The lowest BCUT2D eigenvalue weighted by molar-refractivity contribution is 0.0936. The SMILES string of the molecule is CCc1nnsc1C(=O)NC1CCCc2cc(N)ccc21. The van der Waals surface area contributed by atoms with Crippen LogP contribution < -0.4 is 11.1 Å². The monoisotopic (exact) mass is 302 g/mol. The summed E-state index contributed by atoms with van der Waals surface area (Å²) in [4.78, 5) is 13.1. The van der Waals surface area contributed by atoms with Gasteiger partial charge >= 0.3 is 0 Å². The van der Waals surface area contributed by atoms with E-state index in [0.717, 1.165) is 48.6 Å². The maximum absolute atomic E-state index is 12.4. The number of nitrogens with two attached hydrogens (primary N) is 1. The normalized spacial score (nSPS) is 17.3. The lowest BCUT2D eigenvalue weighted by Crippen LogP contribution is -2.31. The second-order valence-electron chi connectivity index (χ2n) is 5.28. The van der Waals surface area contributed by atoms with Gasteiger partial charge < -0.3 is 11.1 Å². The number of carbonyl (C=O) groups is 1.